The minimum Gasteiger partial charge on any atom is -0.381 e. The van der Waals surface area contributed by atoms with Gasteiger partial charge >= 0.3 is 0 Å². The zero-order valence-corrected chi connectivity index (χ0v) is 12.8. The second kappa shape index (κ2) is 7.25. The summed E-state index contributed by atoms with van der Waals surface area (Å²) in [4.78, 5) is 0. The summed E-state index contributed by atoms with van der Waals surface area (Å²) in [6, 6.07) is 8.79. The first kappa shape index (κ1) is 14.8. The quantitative estimate of drug-likeness (QED) is 0.770. The van der Waals surface area contributed by atoms with Gasteiger partial charge in [0.05, 0.1) is 0 Å². The summed E-state index contributed by atoms with van der Waals surface area (Å²) in [5.41, 5.74) is 4.90. The molecule has 0 aliphatic rings. The Morgan fingerprint density at radius 2 is 1.95 bits per heavy atom. The van der Waals surface area contributed by atoms with E-state index in [1.165, 1.54) is 29.0 Å². The Bertz CT molecular complexity index is 555. The van der Waals surface area contributed by atoms with Crippen LogP contribution in [0.2, 0.25) is 0 Å². The highest BCUT2D eigenvalue weighted by molar-refractivity contribution is 7.08. The molecule has 0 aliphatic heterocycles. The number of allylic oxidation sites excluding steroid dienone is 1. The summed E-state index contributed by atoms with van der Waals surface area (Å²) < 4.78 is 12.9. The molecule has 0 unspecified atom stereocenters. The lowest BCUT2D eigenvalue weighted by molar-refractivity contribution is 0.626. The predicted molar refractivity (Wildman–Crippen MR) is 85.1 cm³/mol. The fourth-order valence-electron chi connectivity index (χ4n) is 2.20. The predicted octanol–water partition coefficient (Wildman–Crippen LogP) is 5.21. The number of benzene rings is 1. The second-order valence-electron chi connectivity index (χ2n) is 4.90. The van der Waals surface area contributed by atoms with Crippen molar-refractivity contribution >= 4 is 17.0 Å². The molecular formula is C17H20FNS. The Morgan fingerprint density at radius 3 is 2.55 bits per heavy atom. The molecule has 0 saturated heterocycles. The lowest BCUT2D eigenvalue weighted by Gasteiger charge is -2.14. The van der Waals surface area contributed by atoms with Gasteiger partial charge in [0, 0.05) is 17.8 Å². The van der Waals surface area contributed by atoms with Crippen LogP contribution in [0.1, 0.15) is 37.8 Å². The largest absolute Gasteiger partial charge is 0.381 e. The van der Waals surface area contributed by atoms with Crippen molar-refractivity contribution in [1.29, 1.82) is 0 Å². The van der Waals surface area contributed by atoms with Gasteiger partial charge < -0.3 is 5.32 Å². The minimum absolute atomic E-state index is 0.190. The molecule has 1 nitrogen and oxygen atoms in total. The zero-order valence-electron chi connectivity index (χ0n) is 11.9. The monoisotopic (exact) mass is 289 g/mol. The third kappa shape index (κ3) is 3.94. The van der Waals surface area contributed by atoms with Gasteiger partial charge in [-0.05, 0) is 53.4 Å². The Labute approximate surface area is 124 Å². The Hall–Kier alpha value is -1.61. The van der Waals surface area contributed by atoms with Crippen LogP contribution in [0.3, 0.4) is 0 Å². The molecule has 106 valence electrons. The van der Waals surface area contributed by atoms with Crippen molar-refractivity contribution < 1.29 is 4.39 Å². The van der Waals surface area contributed by atoms with Crippen molar-refractivity contribution in [3.05, 3.63) is 63.6 Å². The van der Waals surface area contributed by atoms with E-state index in [2.05, 4.69) is 36.0 Å². The topological polar surface area (TPSA) is 12.0 Å². The van der Waals surface area contributed by atoms with Gasteiger partial charge in [0.25, 0.3) is 0 Å². The van der Waals surface area contributed by atoms with E-state index >= 15 is 0 Å². The van der Waals surface area contributed by atoms with E-state index in [0.29, 0.717) is 6.54 Å². The molecule has 1 aromatic carbocycles. The van der Waals surface area contributed by atoms with Crippen molar-refractivity contribution in [3.63, 3.8) is 0 Å². The second-order valence-corrected chi connectivity index (χ2v) is 5.68. The molecule has 0 radical (unpaired) electrons. The van der Waals surface area contributed by atoms with Gasteiger partial charge in [-0.15, -0.1) is 0 Å². The maximum Gasteiger partial charge on any atom is 0.123 e. The van der Waals surface area contributed by atoms with Crippen molar-refractivity contribution in [2.24, 2.45) is 0 Å². The minimum atomic E-state index is -0.190. The number of thiophene rings is 1. The molecule has 1 aromatic heterocycles. The molecule has 0 amide bonds. The van der Waals surface area contributed by atoms with E-state index in [-0.39, 0.29) is 5.82 Å². The number of rotatable bonds is 6. The van der Waals surface area contributed by atoms with Gasteiger partial charge in [0.15, 0.2) is 0 Å². The van der Waals surface area contributed by atoms with Crippen LogP contribution in [0.5, 0.6) is 0 Å². The van der Waals surface area contributed by atoms with E-state index in [4.69, 9.17) is 0 Å². The molecule has 0 fully saturated rings. The molecule has 0 spiro atoms. The molecule has 2 rings (SSSR count). The van der Waals surface area contributed by atoms with Gasteiger partial charge in [-0.3, -0.25) is 0 Å². The molecule has 3 heteroatoms. The maximum absolute atomic E-state index is 12.9. The van der Waals surface area contributed by atoms with Gasteiger partial charge in [0.2, 0.25) is 0 Å². The van der Waals surface area contributed by atoms with Crippen molar-refractivity contribution in [1.82, 2.24) is 5.32 Å². The van der Waals surface area contributed by atoms with Crippen molar-refractivity contribution in [3.8, 4) is 0 Å². The van der Waals surface area contributed by atoms with Crippen LogP contribution in [0, 0.1) is 5.82 Å². The fraction of sp³-hybridized carbons (Fsp3) is 0.294. The lowest BCUT2D eigenvalue weighted by atomic mass is 10.1. The third-order valence-corrected chi connectivity index (χ3v) is 3.93. The number of hydrogen-bond acceptors (Lipinski definition) is 2. The Morgan fingerprint density at radius 1 is 1.20 bits per heavy atom. The van der Waals surface area contributed by atoms with Crippen LogP contribution in [0.15, 0.2) is 46.7 Å². The normalized spacial score (nSPS) is 12.2. The highest BCUT2D eigenvalue weighted by Crippen LogP contribution is 2.22. The maximum atomic E-state index is 12.9. The van der Waals surface area contributed by atoms with Crippen LogP contribution < -0.4 is 5.32 Å². The van der Waals surface area contributed by atoms with Gasteiger partial charge in [-0.25, -0.2) is 4.39 Å². The van der Waals surface area contributed by atoms with E-state index in [0.717, 1.165) is 18.4 Å². The number of halogens is 1. The van der Waals surface area contributed by atoms with E-state index in [1.54, 1.807) is 11.3 Å². The SMILES string of the molecule is CCC/C(C)=C(\NCc1ccc(F)cc1)c1ccsc1. The molecule has 2 aromatic rings. The highest BCUT2D eigenvalue weighted by atomic mass is 32.1. The first-order chi connectivity index (χ1) is 9.70. The zero-order chi connectivity index (χ0) is 14.4. The van der Waals surface area contributed by atoms with E-state index in [9.17, 15) is 4.39 Å². The summed E-state index contributed by atoms with van der Waals surface area (Å²) in [6.45, 7) is 5.08. The van der Waals surface area contributed by atoms with Gasteiger partial charge in [0.1, 0.15) is 5.82 Å². The lowest BCUT2D eigenvalue weighted by Crippen LogP contribution is -2.13. The summed E-state index contributed by atoms with van der Waals surface area (Å²) in [7, 11) is 0. The van der Waals surface area contributed by atoms with Crippen LogP contribution in [0.25, 0.3) is 5.70 Å². The van der Waals surface area contributed by atoms with Gasteiger partial charge in [-0.1, -0.05) is 25.5 Å². The average molecular weight is 289 g/mol. The summed E-state index contributed by atoms with van der Waals surface area (Å²) in [5, 5.41) is 7.76. The molecule has 1 N–H and O–H groups in total. The summed E-state index contributed by atoms with van der Waals surface area (Å²) in [6.07, 6.45) is 2.22. The first-order valence-corrected chi connectivity index (χ1v) is 7.85. The molecule has 20 heavy (non-hydrogen) atoms. The van der Waals surface area contributed by atoms with Crippen molar-refractivity contribution in [2.45, 2.75) is 33.2 Å². The number of hydrogen-bond donors (Lipinski definition) is 1. The molecule has 1 heterocycles. The molecule has 0 aliphatic carbocycles. The summed E-state index contributed by atoms with van der Waals surface area (Å²) >= 11 is 1.70. The molecular weight excluding hydrogens is 269 g/mol. The molecule has 0 saturated carbocycles. The van der Waals surface area contributed by atoms with Crippen LogP contribution >= 0.6 is 11.3 Å². The standard InChI is InChI=1S/C17H20FNS/c1-3-4-13(2)17(15-9-10-20-12-15)19-11-14-5-7-16(18)8-6-14/h5-10,12,19H,3-4,11H2,1-2H3/b17-13-. The van der Waals surface area contributed by atoms with Crippen LogP contribution in [-0.2, 0) is 6.54 Å². The average Bonchev–Trinajstić information content (AvgIpc) is 2.95. The molecule has 0 bridgehead atoms. The molecule has 0 atom stereocenters. The van der Waals surface area contributed by atoms with Crippen molar-refractivity contribution in [2.75, 3.05) is 0 Å². The Kier molecular flexibility index (Phi) is 5.36. The van der Waals surface area contributed by atoms with Crippen LogP contribution in [-0.4, -0.2) is 0 Å². The number of nitrogens with one attached hydrogen (secondary N) is 1. The third-order valence-electron chi connectivity index (χ3n) is 3.24. The van der Waals surface area contributed by atoms with E-state index < -0.39 is 0 Å². The van der Waals surface area contributed by atoms with Crippen LogP contribution in [0.4, 0.5) is 4.39 Å². The Balaban J connectivity index is 2.13. The van der Waals surface area contributed by atoms with Gasteiger partial charge in [-0.2, -0.15) is 11.3 Å². The summed E-state index contributed by atoms with van der Waals surface area (Å²) in [5.74, 6) is -0.190. The first-order valence-electron chi connectivity index (χ1n) is 6.91. The highest BCUT2D eigenvalue weighted by Gasteiger charge is 2.06. The fourth-order valence-corrected chi connectivity index (χ4v) is 2.85. The van der Waals surface area contributed by atoms with E-state index in [1.807, 2.05) is 12.1 Å². The smallest absolute Gasteiger partial charge is 0.123 e.